The topological polar surface area (TPSA) is 47.6 Å². The monoisotopic (exact) mass is 373 g/mol. The second-order valence-corrected chi connectivity index (χ2v) is 7.50. The van der Waals surface area contributed by atoms with Crippen LogP contribution in [-0.4, -0.2) is 25.9 Å². The van der Waals surface area contributed by atoms with Gasteiger partial charge in [0.1, 0.15) is 11.5 Å². The molecule has 0 aromatic heterocycles. The Morgan fingerprint density at radius 3 is 2.00 bits per heavy atom. The lowest BCUT2D eigenvalue weighted by Crippen LogP contribution is -2.31. The van der Waals surface area contributed by atoms with Gasteiger partial charge in [-0.1, -0.05) is 26.0 Å². The molecule has 0 spiro atoms. The number of ether oxygens (including phenoxy) is 2. The van der Waals surface area contributed by atoms with Crippen LogP contribution in [0.3, 0.4) is 0 Å². The molecular formula is C21H27NO3S. The molecule has 0 aliphatic carbocycles. The standard InChI is InChI=1S/C21H27NO3S/c1-15(2)21(16-5-7-17(24-3)8-6-16)22-20(23)13-14-26-19-11-9-18(25-4)10-12-19/h5-12,15,21H,13-14H2,1-4H3,(H,22,23). The maximum Gasteiger partial charge on any atom is 0.221 e. The zero-order valence-corrected chi connectivity index (χ0v) is 16.6. The highest BCUT2D eigenvalue weighted by Gasteiger charge is 2.18. The summed E-state index contributed by atoms with van der Waals surface area (Å²) in [6.07, 6.45) is 0.482. The molecule has 0 aliphatic heterocycles. The summed E-state index contributed by atoms with van der Waals surface area (Å²) in [5, 5.41) is 3.16. The Morgan fingerprint density at radius 2 is 1.50 bits per heavy atom. The fraction of sp³-hybridized carbons (Fsp3) is 0.381. The fourth-order valence-corrected chi connectivity index (χ4v) is 3.48. The van der Waals surface area contributed by atoms with Gasteiger partial charge in [0.15, 0.2) is 0 Å². The molecule has 2 aromatic rings. The predicted molar refractivity (Wildman–Crippen MR) is 107 cm³/mol. The summed E-state index contributed by atoms with van der Waals surface area (Å²) in [6.45, 7) is 4.22. The van der Waals surface area contributed by atoms with Gasteiger partial charge >= 0.3 is 0 Å². The smallest absolute Gasteiger partial charge is 0.221 e. The van der Waals surface area contributed by atoms with Gasteiger partial charge in [-0.25, -0.2) is 0 Å². The van der Waals surface area contributed by atoms with Gasteiger partial charge < -0.3 is 14.8 Å². The molecule has 1 atom stereocenters. The molecule has 0 fully saturated rings. The molecular weight excluding hydrogens is 346 g/mol. The largest absolute Gasteiger partial charge is 0.497 e. The highest BCUT2D eigenvalue weighted by molar-refractivity contribution is 7.99. The molecule has 26 heavy (non-hydrogen) atoms. The number of hydrogen-bond donors (Lipinski definition) is 1. The molecule has 140 valence electrons. The van der Waals surface area contributed by atoms with Gasteiger partial charge in [0.25, 0.3) is 0 Å². The van der Waals surface area contributed by atoms with E-state index in [-0.39, 0.29) is 11.9 Å². The third-order valence-electron chi connectivity index (χ3n) is 4.12. The van der Waals surface area contributed by atoms with Crippen LogP contribution in [0.4, 0.5) is 0 Å². The van der Waals surface area contributed by atoms with Gasteiger partial charge in [-0.05, 0) is 47.9 Å². The summed E-state index contributed by atoms with van der Waals surface area (Å²) in [6, 6.07) is 15.8. The average molecular weight is 374 g/mol. The van der Waals surface area contributed by atoms with Crippen molar-refractivity contribution in [2.24, 2.45) is 5.92 Å². The number of benzene rings is 2. The van der Waals surface area contributed by atoms with E-state index in [1.165, 1.54) is 0 Å². The lowest BCUT2D eigenvalue weighted by atomic mass is 9.96. The molecule has 1 amide bonds. The SMILES string of the molecule is COc1ccc(SCCC(=O)NC(c2ccc(OC)cc2)C(C)C)cc1. The molecule has 1 unspecified atom stereocenters. The van der Waals surface area contributed by atoms with Crippen LogP contribution in [-0.2, 0) is 4.79 Å². The van der Waals surface area contributed by atoms with E-state index in [1.54, 1.807) is 26.0 Å². The molecule has 0 heterocycles. The first kappa shape index (κ1) is 20.2. The number of hydrogen-bond acceptors (Lipinski definition) is 4. The van der Waals surface area contributed by atoms with Crippen LogP contribution < -0.4 is 14.8 Å². The first-order valence-electron chi connectivity index (χ1n) is 8.73. The van der Waals surface area contributed by atoms with E-state index in [9.17, 15) is 4.79 Å². The first-order valence-corrected chi connectivity index (χ1v) is 9.72. The molecule has 0 radical (unpaired) electrons. The Bertz CT molecular complexity index is 683. The molecule has 2 rings (SSSR count). The van der Waals surface area contributed by atoms with Crippen LogP contribution in [0.1, 0.15) is 31.9 Å². The quantitative estimate of drug-likeness (QED) is 0.647. The summed E-state index contributed by atoms with van der Waals surface area (Å²) < 4.78 is 10.4. The van der Waals surface area contributed by atoms with E-state index in [1.807, 2.05) is 48.5 Å². The van der Waals surface area contributed by atoms with Crippen molar-refractivity contribution in [2.45, 2.75) is 31.2 Å². The summed E-state index contributed by atoms with van der Waals surface area (Å²) in [4.78, 5) is 13.5. The minimum Gasteiger partial charge on any atom is -0.497 e. The normalized spacial score (nSPS) is 11.9. The van der Waals surface area contributed by atoms with E-state index >= 15 is 0 Å². The summed E-state index contributed by atoms with van der Waals surface area (Å²) in [5.41, 5.74) is 1.09. The van der Waals surface area contributed by atoms with Gasteiger partial charge in [-0.2, -0.15) is 0 Å². The minimum atomic E-state index is -0.000562. The third kappa shape index (κ3) is 5.99. The molecule has 4 nitrogen and oxygen atoms in total. The van der Waals surface area contributed by atoms with Crippen LogP contribution in [0.5, 0.6) is 11.5 Å². The Morgan fingerprint density at radius 1 is 0.962 bits per heavy atom. The molecule has 0 bridgehead atoms. The van der Waals surface area contributed by atoms with Crippen LogP contribution in [0, 0.1) is 5.92 Å². The first-order chi connectivity index (χ1) is 12.5. The van der Waals surface area contributed by atoms with Crippen LogP contribution in [0.25, 0.3) is 0 Å². The molecule has 0 saturated heterocycles. The number of amides is 1. The van der Waals surface area contributed by atoms with Crippen molar-refractivity contribution in [1.82, 2.24) is 5.32 Å². The lowest BCUT2D eigenvalue weighted by Gasteiger charge is -2.23. The zero-order chi connectivity index (χ0) is 18.9. The van der Waals surface area contributed by atoms with Gasteiger partial charge in [0.05, 0.1) is 20.3 Å². The number of thioether (sulfide) groups is 1. The Kier molecular flexibility index (Phi) is 7.85. The van der Waals surface area contributed by atoms with Gasteiger partial charge in [0.2, 0.25) is 5.91 Å². The number of rotatable bonds is 9. The average Bonchev–Trinajstić information content (AvgIpc) is 2.66. The Labute approximate surface area is 160 Å². The molecule has 5 heteroatoms. The molecule has 0 saturated carbocycles. The Hall–Kier alpha value is -2.14. The van der Waals surface area contributed by atoms with Crippen molar-refractivity contribution in [2.75, 3.05) is 20.0 Å². The van der Waals surface area contributed by atoms with Crippen molar-refractivity contribution in [1.29, 1.82) is 0 Å². The molecule has 0 aliphatic rings. The molecule has 1 N–H and O–H groups in total. The van der Waals surface area contributed by atoms with Crippen molar-refractivity contribution < 1.29 is 14.3 Å². The van der Waals surface area contributed by atoms with Crippen LogP contribution >= 0.6 is 11.8 Å². The highest BCUT2D eigenvalue weighted by Crippen LogP contribution is 2.25. The minimum absolute atomic E-state index is 0.000562. The van der Waals surface area contributed by atoms with Crippen LogP contribution in [0.2, 0.25) is 0 Å². The number of carbonyl (C=O) groups excluding carboxylic acids is 1. The van der Waals surface area contributed by atoms with E-state index in [2.05, 4.69) is 19.2 Å². The van der Waals surface area contributed by atoms with Gasteiger partial charge in [0, 0.05) is 17.1 Å². The van der Waals surface area contributed by atoms with E-state index in [4.69, 9.17) is 9.47 Å². The molecule has 2 aromatic carbocycles. The van der Waals surface area contributed by atoms with Crippen molar-refractivity contribution in [3.8, 4) is 11.5 Å². The number of methoxy groups -OCH3 is 2. The van der Waals surface area contributed by atoms with E-state index < -0.39 is 0 Å². The second-order valence-electron chi connectivity index (χ2n) is 6.34. The van der Waals surface area contributed by atoms with Gasteiger partial charge in [-0.3, -0.25) is 4.79 Å². The maximum atomic E-state index is 12.4. The predicted octanol–water partition coefficient (Wildman–Crippen LogP) is 4.70. The van der Waals surface area contributed by atoms with Crippen molar-refractivity contribution >= 4 is 17.7 Å². The van der Waals surface area contributed by atoms with E-state index in [0.29, 0.717) is 12.3 Å². The fourth-order valence-electron chi connectivity index (χ4n) is 2.63. The van der Waals surface area contributed by atoms with Crippen molar-refractivity contribution in [3.63, 3.8) is 0 Å². The zero-order valence-electron chi connectivity index (χ0n) is 15.8. The third-order valence-corrected chi connectivity index (χ3v) is 5.13. The number of nitrogens with one attached hydrogen (secondary N) is 1. The lowest BCUT2D eigenvalue weighted by molar-refractivity contribution is -0.121. The highest BCUT2D eigenvalue weighted by atomic mass is 32.2. The number of carbonyl (C=O) groups is 1. The summed E-state index contributed by atoms with van der Waals surface area (Å²) >= 11 is 1.67. The van der Waals surface area contributed by atoms with E-state index in [0.717, 1.165) is 27.7 Å². The summed E-state index contributed by atoms with van der Waals surface area (Å²) in [7, 11) is 3.30. The maximum absolute atomic E-state index is 12.4. The van der Waals surface area contributed by atoms with Crippen LogP contribution in [0.15, 0.2) is 53.4 Å². The second kappa shape index (κ2) is 10.1. The Balaban J connectivity index is 1.86. The summed E-state index contributed by atoms with van der Waals surface area (Å²) in [5.74, 6) is 2.78. The van der Waals surface area contributed by atoms with Gasteiger partial charge in [-0.15, -0.1) is 11.8 Å². The van der Waals surface area contributed by atoms with Crippen molar-refractivity contribution in [3.05, 3.63) is 54.1 Å².